The number of halogens is 1. The van der Waals surface area contributed by atoms with Gasteiger partial charge in [0.25, 0.3) is 0 Å². The van der Waals surface area contributed by atoms with Crippen molar-refractivity contribution in [1.82, 2.24) is 10.2 Å². The van der Waals surface area contributed by atoms with Crippen LogP contribution in [-0.2, 0) is 0 Å². The Labute approximate surface area is 110 Å². The summed E-state index contributed by atoms with van der Waals surface area (Å²) in [6.07, 6.45) is 0. The maximum Gasteiger partial charge on any atom is 0.149 e. The molecule has 0 aliphatic carbocycles. The van der Waals surface area contributed by atoms with E-state index in [1.807, 2.05) is 0 Å². The van der Waals surface area contributed by atoms with E-state index in [1.54, 1.807) is 0 Å². The van der Waals surface area contributed by atoms with Crippen LogP contribution in [0.4, 0.5) is 5.82 Å². The summed E-state index contributed by atoms with van der Waals surface area (Å²) in [5.74, 6) is 0.940. The molecule has 1 aromatic heterocycles. The quantitative estimate of drug-likeness (QED) is 0.883. The van der Waals surface area contributed by atoms with Crippen LogP contribution in [0.5, 0.6) is 0 Å². The van der Waals surface area contributed by atoms with Gasteiger partial charge in [0.1, 0.15) is 5.82 Å². The lowest BCUT2D eigenvalue weighted by Gasteiger charge is -2.08. The Kier molecular flexibility index (Phi) is 3.24. The highest BCUT2D eigenvalue weighted by Crippen LogP contribution is 2.33. The lowest BCUT2D eigenvalue weighted by Crippen LogP contribution is -1.95. The number of aryl methyl sites for hydroxylation is 1. The fraction of sp³-hybridized carbons (Fsp3) is 0.308. The second-order valence-electron chi connectivity index (χ2n) is 4.57. The van der Waals surface area contributed by atoms with Crippen LogP contribution >= 0.6 is 15.9 Å². The highest BCUT2D eigenvalue weighted by Gasteiger charge is 2.16. The molecule has 0 bridgehead atoms. The molecule has 0 atom stereocenters. The Morgan fingerprint density at radius 2 is 2.00 bits per heavy atom. The van der Waals surface area contributed by atoms with Crippen molar-refractivity contribution in [3.05, 3.63) is 33.8 Å². The molecule has 3 nitrogen and oxygen atoms in total. The van der Waals surface area contributed by atoms with Crippen molar-refractivity contribution < 1.29 is 0 Å². The molecular formula is C13H16BrN3. The first-order chi connectivity index (χ1) is 7.99. The van der Waals surface area contributed by atoms with Gasteiger partial charge in [-0.2, -0.15) is 5.10 Å². The fourth-order valence-corrected chi connectivity index (χ4v) is 2.66. The second-order valence-corrected chi connectivity index (χ2v) is 5.49. The van der Waals surface area contributed by atoms with Crippen LogP contribution in [0.1, 0.15) is 30.9 Å². The minimum absolute atomic E-state index is 0.350. The SMILES string of the molecule is Cc1cc(Br)cc(-c2[nH]nc(N)c2C(C)C)c1. The van der Waals surface area contributed by atoms with Gasteiger partial charge in [-0.1, -0.05) is 29.8 Å². The zero-order valence-corrected chi connectivity index (χ0v) is 11.8. The third-order valence-electron chi connectivity index (χ3n) is 2.74. The van der Waals surface area contributed by atoms with Crippen LogP contribution in [0.15, 0.2) is 22.7 Å². The van der Waals surface area contributed by atoms with Crippen LogP contribution in [0.25, 0.3) is 11.3 Å². The molecule has 4 heteroatoms. The minimum Gasteiger partial charge on any atom is -0.382 e. The van der Waals surface area contributed by atoms with Crippen LogP contribution in [-0.4, -0.2) is 10.2 Å². The number of anilines is 1. The first kappa shape index (κ1) is 12.2. The van der Waals surface area contributed by atoms with Gasteiger partial charge in [0, 0.05) is 15.6 Å². The number of benzene rings is 1. The van der Waals surface area contributed by atoms with Crippen molar-refractivity contribution in [3.8, 4) is 11.3 Å². The Hall–Kier alpha value is -1.29. The van der Waals surface area contributed by atoms with Crippen LogP contribution in [0.2, 0.25) is 0 Å². The number of aromatic nitrogens is 2. The van der Waals surface area contributed by atoms with Gasteiger partial charge in [0.15, 0.2) is 0 Å². The molecule has 0 amide bonds. The number of nitrogens with zero attached hydrogens (tertiary/aromatic N) is 1. The molecule has 0 saturated heterocycles. The molecular weight excluding hydrogens is 278 g/mol. The summed E-state index contributed by atoms with van der Waals surface area (Å²) in [6.45, 7) is 6.31. The van der Waals surface area contributed by atoms with Gasteiger partial charge < -0.3 is 5.73 Å². The van der Waals surface area contributed by atoms with E-state index in [2.05, 4.69) is 65.1 Å². The molecule has 0 saturated carbocycles. The largest absolute Gasteiger partial charge is 0.382 e. The van der Waals surface area contributed by atoms with E-state index >= 15 is 0 Å². The highest BCUT2D eigenvalue weighted by atomic mass is 79.9. The van der Waals surface area contributed by atoms with Crippen LogP contribution in [0.3, 0.4) is 0 Å². The predicted octanol–water partition coefficient (Wildman–Crippen LogP) is 3.85. The molecule has 3 N–H and O–H groups in total. The van der Waals surface area contributed by atoms with E-state index in [-0.39, 0.29) is 0 Å². The second kappa shape index (κ2) is 4.53. The minimum atomic E-state index is 0.350. The number of hydrogen-bond donors (Lipinski definition) is 2. The van der Waals surface area contributed by atoms with Gasteiger partial charge in [-0.3, -0.25) is 5.10 Å². The van der Waals surface area contributed by atoms with E-state index in [0.717, 1.165) is 21.3 Å². The molecule has 0 unspecified atom stereocenters. The first-order valence-electron chi connectivity index (χ1n) is 5.60. The molecule has 1 heterocycles. The lowest BCUT2D eigenvalue weighted by molar-refractivity contribution is 0.873. The Morgan fingerprint density at radius 1 is 1.29 bits per heavy atom. The van der Waals surface area contributed by atoms with Gasteiger partial charge in [-0.25, -0.2) is 0 Å². The number of nitrogen functional groups attached to an aromatic ring is 1. The van der Waals surface area contributed by atoms with Crippen LogP contribution < -0.4 is 5.73 Å². The van der Waals surface area contributed by atoms with Gasteiger partial charge in [-0.15, -0.1) is 0 Å². The van der Waals surface area contributed by atoms with Crippen molar-refractivity contribution >= 4 is 21.7 Å². The number of nitrogens with two attached hydrogens (primary N) is 1. The monoisotopic (exact) mass is 293 g/mol. The van der Waals surface area contributed by atoms with Crippen molar-refractivity contribution in [2.24, 2.45) is 0 Å². The van der Waals surface area contributed by atoms with E-state index in [0.29, 0.717) is 11.7 Å². The average molecular weight is 294 g/mol. The summed E-state index contributed by atoms with van der Waals surface area (Å²) >= 11 is 3.51. The maximum absolute atomic E-state index is 5.90. The van der Waals surface area contributed by atoms with E-state index in [9.17, 15) is 0 Å². The standard InChI is InChI=1S/C13H16BrN3/c1-7(2)11-12(16-17-13(11)15)9-4-8(3)5-10(14)6-9/h4-7H,1-3H3,(H3,15,16,17). The van der Waals surface area contributed by atoms with E-state index in [1.165, 1.54) is 5.56 Å². The van der Waals surface area contributed by atoms with Crippen molar-refractivity contribution in [1.29, 1.82) is 0 Å². The van der Waals surface area contributed by atoms with Gasteiger partial charge >= 0.3 is 0 Å². The van der Waals surface area contributed by atoms with Gasteiger partial charge in [-0.05, 0) is 36.6 Å². The third kappa shape index (κ3) is 2.36. The number of nitrogens with one attached hydrogen (secondary N) is 1. The molecule has 90 valence electrons. The van der Waals surface area contributed by atoms with Crippen molar-refractivity contribution in [3.63, 3.8) is 0 Å². The molecule has 17 heavy (non-hydrogen) atoms. The zero-order chi connectivity index (χ0) is 12.6. The summed E-state index contributed by atoms with van der Waals surface area (Å²) < 4.78 is 1.07. The highest BCUT2D eigenvalue weighted by molar-refractivity contribution is 9.10. The maximum atomic E-state index is 5.90. The van der Waals surface area contributed by atoms with E-state index in [4.69, 9.17) is 5.73 Å². The number of aromatic amines is 1. The normalized spacial score (nSPS) is 11.1. The van der Waals surface area contributed by atoms with Gasteiger partial charge in [0.2, 0.25) is 0 Å². The smallest absolute Gasteiger partial charge is 0.149 e. The molecule has 2 rings (SSSR count). The molecule has 0 radical (unpaired) electrons. The Bertz CT molecular complexity index is 523. The molecule has 2 aromatic rings. The number of rotatable bonds is 2. The average Bonchev–Trinajstić information content (AvgIpc) is 2.58. The number of hydrogen-bond acceptors (Lipinski definition) is 2. The number of H-pyrrole nitrogens is 1. The third-order valence-corrected chi connectivity index (χ3v) is 3.20. The summed E-state index contributed by atoms with van der Waals surface area (Å²) in [7, 11) is 0. The first-order valence-corrected chi connectivity index (χ1v) is 6.39. The fourth-order valence-electron chi connectivity index (χ4n) is 2.05. The molecule has 1 aromatic carbocycles. The van der Waals surface area contributed by atoms with Crippen molar-refractivity contribution in [2.75, 3.05) is 5.73 Å². The molecule has 0 aliphatic rings. The Balaban J connectivity index is 2.60. The summed E-state index contributed by atoms with van der Waals surface area (Å²) in [4.78, 5) is 0. The molecule has 0 fully saturated rings. The summed E-state index contributed by atoms with van der Waals surface area (Å²) in [5.41, 5.74) is 10.3. The molecule has 0 spiro atoms. The topological polar surface area (TPSA) is 54.7 Å². The van der Waals surface area contributed by atoms with Crippen LogP contribution in [0, 0.1) is 6.92 Å². The predicted molar refractivity (Wildman–Crippen MR) is 75.0 cm³/mol. The van der Waals surface area contributed by atoms with Gasteiger partial charge in [0.05, 0.1) is 5.69 Å². The van der Waals surface area contributed by atoms with Crippen molar-refractivity contribution in [2.45, 2.75) is 26.7 Å². The zero-order valence-electron chi connectivity index (χ0n) is 10.2. The van der Waals surface area contributed by atoms with E-state index < -0.39 is 0 Å². The summed E-state index contributed by atoms with van der Waals surface area (Å²) in [6, 6.07) is 6.29. The Morgan fingerprint density at radius 3 is 2.59 bits per heavy atom. The lowest BCUT2D eigenvalue weighted by atomic mass is 9.98. The molecule has 0 aliphatic heterocycles. The summed E-state index contributed by atoms with van der Waals surface area (Å²) in [5, 5.41) is 7.14.